The average molecular weight is 565 g/mol. The van der Waals surface area contributed by atoms with Crippen LogP contribution in [0.4, 0.5) is 4.79 Å². The first-order chi connectivity index (χ1) is 19.8. The van der Waals surface area contributed by atoms with Gasteiger partial charge in [-0.15, -0.1) is 0 Å². The number of carbonyl (C=O) groups excluding carboxylic acids is 1. The third-order valence-corrected chi connectivity index (χ3v) is 8.09. The van der Waals surface area contributed by atoms with Gasteiger partial charge in [-0.05, 0) is 38.5 Å². The van der Waals surface area contributed by atoms with Gasteiger partial charge in [-0.3, -0.25) is 0 Å². The zero-order valence-corrected chi connectivity index (χ0v) is 27.5. The second-order valence-electron chi connectivity index (χ2n) is 12.2. The maximum Gasteiger partial charge on any atom is 0.508 e. The van der Waals surface area contributed by atoms with Gasteiger partial charge in [0.25, 0.3) is 0 Å². The van der Waals surface area contributed by atoms with Gasteiger partial charge < -0.3 is 9.47 Å². The molecule has 0 radical (unpaired) electrons. The third kappa shape index (κ3) is 35.0. The minimum absolute atomic E-state index is 0.478. The molecule has 238 valence electrons. The molecule has 0 aliphatic heterocycles. The molecular formula is C37H72O3. The summed E-state index contributed by atoms with van der Waals surface area (Å²) in [6.07, 6.45) is 44.0. The van der Waals surface area contributed by atoms with Crippen LogP contribution in [-0.2, 0) is 9.47 Å². The number of allylic oxidation sites excluding steroid dienone is 2. The average Bonchev–Trinajstić information content (AvgIpc) is 2.96. The van der Waals surface area contributed by atoms with Crippen LogP contribution in [0.3, 0.4) is 0 Å². The van der Waals surface area contributed by atoms with Gasteiger partial charge in [0.15, 0.2) is 0 Å². The van der Waals surface area contributed by atoms with Crippen molar-refractivity contribution in [1.29, 1.82) is 0 Å². The molecule has 0 fully saturated rings. The zero-order valence-electron chi connectivity index (χ0n) is 27.5. The molecule has 0 aromatic rings. The van der Waals surface area contributed by atoms with Crippen molar-refractivity contribution in [1.82, 2.24) is 0 Å². The number of hydrogen-bond acceptors (Lipinski definition) is 3. The fourth-order valence-electron chi connectivity index (χ4n) is 5.35. The maximum absolute atomic E-state index is 11.7. The summed E-state index contributed by atoms with van der Waals surface area (Å²) >= 11 is 0. The number of unbranched alkanes of at least 4 members (excludes halogenated alkanes) is 27. The minimum Gasteiger partial charge on any atom is -0.434 e. The molecular weight excluding hydrogens is 492 g/mol. The van der Waals surface area contributed by atoms with Gasteiger partial charge >= 0.3 is 6.16 Å². The Hall–Kier alpha value is -0.990. The smallest absolute Gasteiger partial charge is 0.434 e. The lowest BCUT2D eigenvalue weighted by molar-refractivity contribution is 0.0529. The molecule has 0 unspecified atom stereocenters. The summed E-state index contributed by atoms with van der Waals surface area (Å²) in [5.41, 5.74) is 0. The van der Waals surface area contributed by atoms with Crippen molar-refractivity contribution in [2.45, 2.75) is 206 Å². The number of rotatable bonds is 33. The Labute approximate surface area is 252 Å². The Balaban J connectivity index is 3.17. The minimum atomic E-state index is -0.478. The van der Waals surface area contributed by atoms with E-state index in [1.54, 1.807) is 0 Å². The van der Waals surface area contributed by atoms with Gasteiger partial charge in [0.2, 0.25) is 0 Å². The Morgan fingerprint density at radius 2 is 0.625 bits per heavy atom. The van der Waals surface area contributed by atoms with Crippen LogP contribution < -0.4 is 0 Å². The van der Waals surface area contributed by atoms with E-state index in [0.29, 0.717) is 13.2 Å². The molecule has 40 heavy (non-hydrogen) atoms. The Kier molecular flexibility index (Phi) is 35.1. The SMILES string of the molecule is CCCCCC/C=C\CCCCCCCCOC(=O)OCCCCCCCCCCCCCCCCCCCC. The first kappa shape index (κ1) is 39.0. The third-order valence-electron chi connectivity index (χ3n) is 8.09. The van der Waals surface area contributed by atoms with E-state index in [0.717, 1.165) is 25.7 Å². The van der Waals surface area contributed by atoms with Gasteiger partial charge in [-0.1, -0.05) is 180 Å². The van der Waals surface area contributed by atoms with E-state index >= 15 is 0 Å². The lowest BCUT2D eigenvalue weighted by Crippen LogP contribution is -2.09. The van der Waals surface area contributed by atoms with Crippen LogP contribution in [0.15, 0.2) is 12.2 Å². The lowest BCUT2D eigenvalue weighted by Gasteiger charge is -2.06. The van der Waals surface area contributed by atoms with Crippen LogP contribution in [0.5, 0.6) is 0 Å². The van der Waals surface area contributed by atoms with Crippen molar-refractivity contribution in [3.63, 3.8) is 0 Å². The van der Waals surface area contributed by atoms with Crippen molar-refractivity contribution in [2.75, 3.05) is 13.2 Å². The van der Waals surface area contributed by atoms with Crippen molar-refractivity contribution < 1.29 is 14.3 Å². The van der Waals surface area contributed by atoms with E-state index in [1.807, 2.05) is 0 Å². The second kappa shape index (κ2) is 36.0. The van der Waals surface area contributed by atoms with E-state index in [-0.39, 0.29) is 0 Å². The van der Waals surface area contributed by atoms with Crippen molar-refractivity contribution in [3.05, 3.63) is 12.2 Å². The van der Waals surface area contributed by atoms with Gasteiger partial charge in [0, 0.05) is 0 Å². The van der Waals surface area contributed by atoms with Crippen molar-refractivity contribution in [3.8, 4) is 0 Å². The van der Waals surface area contributed by atoms with Gasteiger partial charge in [-0.2, -0.15) is 0 Å². The molecule has 0 amide bonds. The van der Waals surface area contributed by atoms with Gasteiger partial charge in [0.1, 0.15) is 0 Å². The fourth-order valence-corrected chi connectivity index (χ4v) is 5.35. The Morgan fingerprint density at radius 3 is 0.950 bits per heavy atom. The number of carbonyl (C=O) groups is 1. The van der Waals surface area contributed by atoms with E-state index in [4.69, 9.17) is 9.47 Å². The highest BCUT2D eigenvalue weighted by Gasteiger charge is 2.03. The quantitative estimate of drug-likeness (QED) is 0.0451. The largest absolute Gasteiger partial charge is 0.508 e. The molecule has 0 spiro atoms. The summed E-state index contributed by atoms with van der Waals surface area (Å²) in [4.78, 5) is 11.7. The topological polar surface area (TPSA) is 35.5 Å². The van der Waals surface area contributed by atoms with Crippen LogP contribution in [0.2, 0.25) is 0 Å². The second-order valence-corrected chi connectivity index (χ2v) is 12.2. The molecule has 0 atom stereocenters. The molecule has 0 bridgehead atoms. The Morgan fingerprint density at radius 1 is 0.375 bits per heavy atom. The van der Waals surface area contributed by atoms with E-state index in [2.05, 4.69) is 26.0 Å². The first-order valence-corrected chi connectivity index (χ1v) is 18.3. The molecule has 0 saturated heterocycles. The summed E-state index contributed by atoms with van der Waals surface area (Å²) in [5, 5.41) is 0. The molecule has 0 aliphatic carbocycles. The molecule has 3 heteroatoms. The lowest BCUT2D eigenvalue weighted by atomic mass is 10.0. The fraction of sp³-hybridized carbons (Fsp3) is 0.919. The van der Waals surface area contributed by atoms with Crippen LogP contribution in [0, 0.1) is 0 Å². The maximum atomic E-state index is 11.7. The summed E-state index contributed by atoms with van der Waals surface area (Å²) in [6.45, 7) is 5.56. The molecule has 0 saturated carbocycles. The summed E-state index contributed by atoms with van der Waals surface area (Å²) in [7, 11) is 0. The molecule has 0 rings (SSSR count). The highest BCUT2D eigenvalue weighted by Crippen LogP contribution is 2.14. The number of ether oxygens (including phenoxy) is 2. The van der Waals surface area contributed by atoms with Crippen LogP contribution in [0.25, 0.3) is 0 Å². The van der Waals surface area contributed by atoms with Crippen LogP contribution in [-0.4, -0.2) is 19.4 Å². The Bertz CT molecular complexity index is 502. The monoisotopic (exact) mass is 565 g/mol. The molecule has 0 heterocycles. The normalized spacial score (nSPS) is 11.4. The number of hydrogen-bond donors (Lipinski definition) is 0. The van der Waals surface area contributed by atoms with Crippen molar-refractivity contribution in [2.24, 2.45) is 0 Å². The zero-order chi connectivity index (χ0) is 29.0. The highest BCUT2D eigenvalue weighted by atomic mass is 16.7. The van der Waals surface area contributed by atoms with E-state index in [9.17, 15) is 4.79 Å². The summed E-state index contributed by atoms with van der Waals surface area (Å²) in [5.74, 6) is 0. The van der Waals surface area contributed by atoms with E-state index < -0.39 is 6.16 Å². The van der Waals surface area contributed by atoms with Crippen molar-refractivity contribution >= 4 is 6.16 Å². The standard InChI is InChI=1S/C37H72O3/c1-3-5-7-9-11-13-15-17-19-20-21-22-24-26-28-30-32-34-36-40-37(38)39-35-33-31-29-27-25-23-18-16-14-12-10-8-6-4-2/h14,16H,3-13,15,17-36H2,1-2H3/b16-14-. The summed E-state index contributed by atoms with van der Waals surface area (Å²) in [6, 6.07) is 0. The van der Waals surface area contributed by atoms with E-state index in [1.165, 1.54) is 167 Å². The van der Waals surface area contributed by atoms with Crippen LogP contribution >= 0.6 is 0 Å². The van der Waals surface area contributed by atoms with Gasteiger partial charge in [-0.25, -0.2) is 4.79 Å². The van der Waals surface area contributed by atoms with Crippen LogP contribution in [0.1, 0.15) is 206 Å². The predicted molar refractivity (Wildman–Crippen MR) is 176 cm³/mol. The van der Waals surface area contributed by atoms with Gasteiger partial charge in [0.05, 0.1) is 13.2 Å². The molecule has 0 aromatic heterocycles. The predicted octanol–water partition coefficient (Wildman–Crippen LogP) is 13.4. The highest BCUT2D eigenvalue weighted by molar-refractivity contribution is 5.59. The molecule has 0 aliphatic rings. The molecule has 3 nitrogen and oxygen atoms in total. The first-order valence-electron chi connectivity index (χ1n) is 18.3. The molecule has 0 aromatic carbocycles. The summed E-state index contributed by atoms with van der Waals surface area (Å²) < 4.78 is 10.4. The molecule has 0 N–H and O–H groups in total.